The van der Waals surface area contributed by atoms with Crippen molar-refractivity contribution in [2.24, 2.45) is 0 Å². The van der Waals surface area contributed by atoms with Crippen LogP contribution in [0.1, 0.15) is 12.0 Å². The molecule has 1 aliphatic heterocycles. The third kappa shape index (κ3) is 3.39. The fourth-order valence-corrected chi connectivity index (χ4v) is 2.57. The Morgan fingerprint density at radius 3 is 2.53 bits per heavy atom. The number of carbonyl (C=O) groups excluding carboxylic acids is 1. The summed E-state index contributed by atoms with van der Waals surface area (Å²) in [7, 11) is 0. The van der Waals surface area contributed by atoms with E-state index in [0.717, 1.165) is 5.56 Å². The van der Waals surface area contributed by atoms with Crippen LogP contribution in [-0.4, -0.2) is 39.8 Å². The maximum atomic E-state index is 11.7. The summed E-state index contributed by atoms with van der Waals surface area (Å²) in [5, 5.41) is 9.58. The Hall–Kier alpha value is -1.26. The van der Waals surface area contributed by atoms with Crippen molar-refractivity contribution in [3.8, 4) is 0 Å². The van der Waals surface area contributed by atoms with E-state index in [1.165, 1.54) is 4.90 Å². The number of likely N-dealkylation sites (tertiary alicyclic amines) is 1. The maximum Gasteiger partial charge on any atom is 0.326 e. The number of aliphatic carboxylic acids is 1. The molecular weight excluding hydrogens is 289 g/mol. The number of amides is 1. The van der Waals surface area contributed by atoms with Crippen molar-refractivity contribution in [3.63, 3.8) is 0 Å². The summed E-state index contributed by atoms with van der Waals surface area (Å²) in [5.74, 6) is -1.23. The zero-order valence-electron chi connectivity index (χ0n) is 10.1. The van der Waals surface area contributed by atoms with Crippen LogP contribution in [0, 0.1) is 0 Å². The summed E-state index contributed by atoms with van der Waals surface area (Å²) in [4.78, 5) is 24.4. The van der Waals surface area contributed by atoms with Crippen LogP contribution in [0.25, 0.3) is 0 Å². The van der Waals surface area contributed by atoms with E-state index in [1.54, 1.807) is 24.3 Å². The predicted octanol–water partition coefficient (Wildman–Crippen LogP) is 2.18. The van der Waals surface area contributed by atoms with Crippen LogP contribution in [0.15, 0.2) is 24.3 Å². The SMILES string of the molecule is O=C(O)C(Cc1ccc(Cl)cc1)N1CC(Cl)CC1=O. The molecule has 0 saturated carbocycles. The summed E-state index contributed by atoms with van der Waals surface area (Å²) < 4.78 is 0. The third-order valence-electron chi connectivity index (χ3n) is 3.11. The number of carbonyl (C=O) groups is 2. The van der Waals surface area contributed by atoms with Gasteiger partial charge in [-0.1, -0.05) is 23.7 Å². The normalized spacial score (nSPS) is 20.6. The average molecular weight is 302 g/mol. The number of hydrogen-bond donors (Lipinski definition) is 1. The van der Waals surface area contributed by atoms with Crippen molar-refractivity contribution in [2.75, 3.05) is 6.54 Å². The summed E-state index contributed by atoms with van der Waals surface area (Å²) in [5.41, 5.74) is 0.822. The van der Waals surface area contributed by atoms with E-state index in [-0.39, 0.29) is 30.7 Å². The predicted molar refractivity (Wildman–Crippen MR) is 72.6 cm³/mol. The highest BCUT2D eigenvalue weighted by molar-refractivity contribution is 6.30. The molecule has 0 aromatic heterocycles. The van der Waals surface area contributed by atoms with Crippen LogP contribution in [0.4, 0.5) is 0 Å². The minimum absolute atomic E-state index is 0.200. The van der Waals surface area contributed by atoms with Gasteiger partial charge >= 0.3 is 5.97 Å². The molecule has 0 spiro atoms. The largest absolute Gasteiger partial charge is 0.480 e. The van der Waals surface area contributed by atoms with Crippen molar-refractivity contribution < 1.29 is 14.7 Å². The van der Waals surface area contributed by atoms with Gasteiger partial charge in [0.15, 0.2) is 0 Å². The van der Waals surface area contributed by atoms with Gasteiger partial charge in [-0.05, 0) is 17.7 Å². The molecule has 2 unspecified atom stereocenters. The first kappa shape index (κ1) is 14.2. The molecule has 0 aliphatic carbocycles. The Balaban J connectivity index is 2.15. The minimum Gasteiger partial charge on any atom is -0.480 e. The quantitative estimate of drug-likeness (QED) is 0.867. The molecule has 1 amide bonds. The maximum absolute atomic E-state index is 11.7. The number of alkyl halides is 1. The van der Waals surface area contributed by atoms with Gasteiger partial charge in [-0.2, -0.15) is 0 Å². The number of rotatable bonds is 4. The van der Waals surface area contributed by atoms with Crippen molar-refractivity contribution in [2.45, 2.75) is 24.3 Å². The third-order valence-corrected chi connectivity index (χ3v) is 3.66. The van der Waals surface area contributed by atoms with Crippen LogP contribution in [0.2, 0.25) is 5.02 Å². The zero-order chi connectivity index (χ0) is 14.0. The Morgan fingerprint density at radius 2 is 2.05 bits per heavy atom. The highest BCUT2D eigenvalue weighted by Crippen LogP contribution is 2.21. The molecule has 1 aliphatic rings. The van der Waals surface area contributed by atoms with Crippen molar-refractivity contribution in [3.05, 3.63) is 34.9 Å². The minimum atomic E-state index is -1.02. The monoisotopic (exact) mass is 301 g/mol. The van der Waals surface area contributed by atoms with Gasteiger partial charge in [0.05, 0.1) is 5.38 Å². The van der Waals surface area contributed by atoms with Crippen molar-refractivity contribution >= 4 is 35.1 Å². The first-order valence-corrected chi connectivity index (χ1v) is 6.69. The van der Waals surface area contributed by atoms with E-state index >= 15 is 0 Å². The number of hydrogen-bond acceptors (Lipinski definition) is 2. The molecule has 4 nitrogen and oxygen atoms in total. The Kier molecular flexibility index (Phi) is 4.32. The molecule has 1 heterocycles. The van der Waals surface area contributed by atoms with Gasteiger partial charge in [-0.15, -0.1) is 11.6 Å². The van der Waals surface area contributed by atoms with E-state index in [4.69, 9.17) is 23.2 Å². The van der Waals surface area contributed by atoms with Crippen LogP contribution >= 0.6 is 23.2 Å². The molecule has 1 fully saturated rings. The van der Waals surface area contributed by atoms with Gasteiger partial charge in [0.25, 0.3) is 0 Å². The lowest BCUT2D eigenvalue weighted by Crippen LogP contribution is -2.43. The van der Waals surface area contributed by atoms with Gasteiger partial charge in [0.1, 0.15) is 6.04 Å². The van der Waals surface area contributed by atoms with Gasteiger partial charge in [0.2, 0.25) is 5.91 Å². The van der Waals surface area contributed by atoms with E-state index in [2.05, 4.69) is 0 Å². The smallest absolute Gasteiger partial charge is 0.326 e. The summed E-state index contributed by atoms with van der Waals surface area (Å²) in [6.07, 6.45) is 0.452. The molecule has 1 aromatic rings. The topological polar surface area (TPSA) is 57.6 Å². The molecule has 0 radical (unpaired) electrons. The zero-order valence-corrected chi connectivity index (χ0v) is 11.6. The molecule has 1 aromatic carbocycles. The average Bonchev–Trinajstić information content (AvgIpc) is 2.67. The lowest BCUT2D eigenvalue weighted by molar-refractivity contribution is -0.148. The summed E-state index contributed by atoms with van der Waals surface area (Å²) in [6, 6.07) is 6.05. The summed E-state index contributed by atoms with van der Waals surface area (Å²) >= 11 is 11.7. The van der Waals surface area contributed by atoms with E-state index in [1.807, 2.05) is 0 Å². The Morgan fingerprint density at radius 1 is 1.42 bits per heavy atom. The molecule has 1 saturated heterocycles. The van der Waals surface area contributed by atoms with Gasteiger partial charge in [-0.3, -0.25) is 4.79 Å². The molecule has 1 N–H and O–H groups in total. The highest BCUT2D eigenvalue weighted by Gasteiger charge is 2.36. The van der Waals surface area contributed by atoms with Gasteiger partial charge in [0, 0.05) is 24.4 Å². The van der Waals surface area contributed by atoms with Crippen LogP contribution in [0.5, 0.6) is 0 Å². The second-order valence-corrected chi connectivity index (χ2v) is 5.59. The molecule has 0 bridgehead atoms. The molecule has 2 atom stereocenters. The first-order valence-electron chi connectivity index (χ1n) is 5.88. The Bertz CT molecular complexity index is 489. The van der Waals surface area contributed by atoms with Crippen LogP contribution in [-0.2, 0) is 16.0 Å². The lowest BCUT2D eigenvalue weighted by Gasteiger charge is -2.24. The van der Waals surface area contributed by atoms with Crippen LogP contribution < -0.4 is 0 Å². The van der Waals surface area contributed by atoms with E-state index in [9.17, 15) is 14.7 Å². The van der Waals surface area contributed by atoms with Gasteiger partial charge in [-0.25, -0.2) is 4.79 Å². The van der Waals surface area contributed by atoms with Crippen molar-refractivity contribution in [1.82, 2.24) is 4.90 Å². The Labute approximate surface area is 120 Å². The van der Waals surface area contributed by atoms with Gasteiger partial charge < -0.3 is 10.0 Å². The molecule has 19 heavy (non-hydrogen) atoms. The number of halogens is 2. The van der Waals surface area contributed by atoms with Crippen molar-refractivity contribution in [1.29, 1.82) is 0 Å². The number of nitrogens with zero attached hydrogens (tertiary/aromatic N) is 1. The fraction of sp³-hybridized carbons (Fsp3) is 0.385. The second-order valence-electron chi connectivity index (χ2n) is 4.53. The first-order chi connectivity index (χ1) is 8.97. The molecular formula is C13H13Cl2NO3. The second kappa shape index (κ2) is 5.80. The summed E-state index contributed by atoms with van der Waals surface area (Å²) in [6.45, 7) is 0.283. The van der Waals surface area contributed by atoms with E-state index in [0.29, 0.717) is 5.02 Å². The number of benzene rings is 1. The molecule has 2 rings (SSSR count). The number of carboxylic acids is 1. The molecule has 102 valence electrons. The fourth-order valence-electron chi connectivity index (χ4n) is 2.16. The lowest BCUT2D eigenvalue weighted by atomic mass is 10.1. The van der Waals surface area contributed by atoms with Crippen LogP contribution in [0.3, 0.4) is 0 Å². The molecule has 6 heteroatoms. The van der Waals surface area contributed by atoms with E-state index < -0.39 is 12.0 Å². The standard InChI is InChI=1S/C13H13Cl2NO3/c14-9-3-1-8(2-4-9)5-11(13(18)19)16-7-10(15)6-12(16)17/h1-4,10-11H,5-7H2,(H,18,19). The number of carboxylic acid groups (broad SMARTS) is 1. The highest BCUT2D eigenvalue weighted by atomic mass is 35.5.